The summed E-state index contributed by atoms with van der Waals surface area (Å²) < 4.78 is 12.4. The summed E-state index contributed by atoms with van der Waals surface area (Å²) in [5.74, 6) is 2.10. The van der Waals surface area contributed by atoms with E-state index < -0.39 is 0 Å². The Hall–Kier alpha value is -4.64. The fraction of sp³-hybridized carbons (Fsp3) is 0.115. The van der Waals surface area contributed by atoms with Gasteiger partial charge in [-0.05, 0) is 30.3 Å². The van der Waals surface area contributed by atoms with Crippen molar-refractivity contribution in [2.45, 2.75) is 10.9 Å². The van der Waals surface area contributed by atoms with Crippen LogP contribution in [0, 0.1) is 0 Å². The van der Waals surface area contributed by atoms with Gasteiger partial charge in [0.25, 0.3) is 5.56 Å². The molecule has 0 saturated heterocycles. The minimum absolute atomic E-state index is 0.0905. The second-order valence-corrected chi connectivity index (χ2v) is 8.75. The number of aromatic nitrogens is 5. The van der Waals surface area contributed by atoms with Crippen molar-refractivity contribution in [1.82, 2.24) is 24.5 Å². The molecule has 37 heavy (non-hydrogen) atoms. The van der Waals surface area contributed by atoms with E-state index in [1.807, 2.05) is 60.7 Å². The van der Waals surface area contributed by atoms with Gasteiger partial charge in [-0.15, -0.1) is 0 Å². The van der Waals surface area contributed by atoms with Gasteiger partial charge >= 0.3 is 0 Å². The first-order chi connectivity index (χ1) is 18.1. The molecule has 0 spiro atoms. The van der Waals surface area contributed by atoms with E-state index in [2.05, 4.69) is 20.3 Å². The number of thioether (sulfide) groups is 1. The molecule has 3 aromatic carbocycles. The van der Waals surface area contributed by atoms with E-state index in [4.69, 9.17) is 20.2 Å². The van der Waals surface area contributed by atoms with Gasteiger partial charge in [0, 0.05) is 11.8 Å². The van der Waals surface area contributed by atoms with E-state index in [1.54, 1.807) is 16.7 Å². The number of nitrogens with two attached hydrogens (primary N) is 1. The standard InChI is InChI=1S/C26H23N7O3S/c1-35-20-13-18-19(14-21(20)36-2)29-26(33(23(18)34)17-11-7-4-8-12-17)37-15-22-30-24(27)32-25(31-22)28-16-9-5-3-6-10-16/h3-14H,15H2,1-2H3,(H3,27,28,30,31,32). The zero-order valence-electron chi connectivity index (χ0n) is 20.1. The molecular weight excluding hydrogens is 490 g/mol. The number of ether oxygens (including phenoxy) is 2. The predicted octanol–water partition coefficient (Wildman–Crippen LogP) is 4.21. The Morgan fingerprint density at radius 1 is 0.892 bits per heavy atom. The fourth-order valence-electron chi connectivity index (χ4n) is 3.73. The Balaban J connectivity index is 1.54. The van der Waals surface area contributed by atoms with Crippen molar-refractivity contribution in [2.24, 2.45) is 0 Å². The molecular formula is C26H23N7O3S. The molecule has 0 fully saturated rings. The van der Waals surface area contributed by atoms with Crippen LogP contribution in [0.2, 0.25) is 0 Å². The largest absolute Gasteiger partial charge is 0.493 e. The van der Waals surface area contributed by atoms with Crippen molar-refractivity contribution in [3.63, 3.8) is 0 Å². The maximum atomic E-state index is 13.7. The molecule has 10 nitrogen and oxygen atoms in total. The van der Waals surface area contributed by atoms with Crippen LogP contribution in [0.4, 0.5) is 17.6 Å². The van der Waals surface area contributed by atoms with Crippen LogP contribution in [0.1, 0.15) is 5.82 Å². The molecule has 11 heteroatoms. The summed E-state index contributed by atoms with van der Waals surface area (Å²) in [6, 6.07) is 22.2. The minimum atomic E-state index is -0.235. The van der Waals surface area contributed by atoms with Gasteiger partial charge in [0.05, 0.1) is 36.6 Å². The van der Waals surface area contributed by atoms with Gasteiger partial charge in [0.1, 0.15) is 5.82 Å². The molecule has 0 saturated carbocycles. The van der Waals surface area contributed by atoms with Crippen LogP contribution in [0.3, 0.4) is 0 Å². The van der Waals surface area contributed by atoms with Crippen LogP contribution in [-0.4, -0.2) is 38.7 Å². The third-order valence-corrected chi connectivity index (χ3v) is 6.35. The van der Waals surface area contributed by atoms with Crippen molar-refractivity contribution in [3.8, 4) is 17.2 Å². The molecule has 0 amide bonds. The SMILES string of the molecule is COc1cc2nc(SCc3nc(N)nc(Nc4ccccc4)n3)n(-c3ccccc3)c(=O)c2cc1OC. The first kappa shape index (κ1) is 24.1. The molecule has 0 unspecified atom stereocenters. The summed E-state index contributed by atoms with van der Waals surface area (Å²) >= 11 is 1.31. The van der Waals surface area contributed by atoms with Gasteiger partial charge < -0.3 is 20.5 Å². The van der Waals surface area contributed by atoms with Gasteiger partial charge in [0.2, 0.25) is 11.9 Å². The van der Waals surface area contributed by atoms with Crippen LogP contribution >= 0.6 is 11.8 Å². The Morgan fingerprint density at radius 2 is 1.57 bits per heavy atom. The summed E-state index contributed by atoms with van der Waals surface area (Å²) in [7, 11) is 3.06. The van der Waals surface area contributed by atoms with Crippen molar-refractivity contribution in [1.29, 1.82) is 0 Å². The number of nitrogens with zero attached hydrogens (tertiary/aromatic N) is 5. The molecule has 5 aromatic rings. The quantitative estimate of drug-likeness (QED) is 0.230. The van der Waals surface area contributed by atoms with E-state index in [0.29, 0.717) is 50.8 Å². The lowest BCUT2D eigenvalue weighted by Gasteiger charge is -2.15. The van der Waals surface area contributed by atoms with E-state index >= 15 is 0 Å². The number of methoxy groups -OCH3 is 2. The molecule has 2 heterocycles. The maximum absolute atomic E-state index is 13.7. The summed E-state index contributed by atoms with van der Waals surface area (Å²) in [6.07, 6.45) is 0. The summed E-state index contributed by atoms with van der Waals surface area (Å²) in [5, 5.41) is 4.00. The molecule has 186 valence electrons. The molecule has 0 radical (unpaired) electrons. The number of rotatable bonds is 8. The number of nitrogens with one attached hydrogen (secondary N) is 1. The average molecular weight is 514 g/mol. The molecule has 0 aliphatic rings. The molecule has 0 atom stereocenters. The number of anilines is 3. The van der Waals surface area contributed by atoms with Gasteiger partial charge in [-0.1, -0.05) is 48.2 Å². The van der Waals surface area contributed by atoms with Crippen LogP contribution in [0.25, 0.3) is 16.6 Å². The third kappa shape index (κ3) is 5.16. The van der Waals surface area contributed by atoms with Crippen molar-refractivity contribution >= 4 is 40.2 Å². The highest BCUT2D eigenvalue weighted by atomic mass is 32.2. The molecule has 2 aromatic heterocycles. The number of hydrogen-bond acceptors (Lipinski definition) is 10. The lowest BCUT2D eigenvalue weighted by atomic mass is 10.2. The van der Waals surface area contributed by atoms with Crippen LogP contribution in [-0.2, 0) is 5.75 Å². The number of fused-ring (bicyclic) bond motifs is 1. The van der Waals surface area contributed by atoms with Crippen LogP contribution in [0.15, 0.2) is 82.7 Å². The minimum Gasteiger partial charge on any atom is -0.493 e. The molecule has 0 aliphatic carbocycles. The molecule has 0 aliphatic heterocycles. The Morgan fingerprint density at radius 3 is 2.27 bits per heavy atom. The average Bonchev–Trinajstić information content (AvgIpc) is 2.92. The predicted molar refractivity (Wildman–Crippen MR) is 144 cm³/mol. The van der Waals surface area contributed by atoms with Gasteiger partial charge in [-0.3, -0.25) is 9.36 Å². The van der Waals surface area contributed by atoms with E-state index in [9.17, 15) is 4.79 Å². The summed E-state index contributed by atoms with van der Waals surface area (Å²) in [4.78, 5) is 31.4. The number of para-hydroxylation sites is 2. The van der Waals surface area contributed by atoms with E-state index in [1.165, 1.54) is 26.0 Å². The second kappa shape index (κ2) is 10.5. The first-order valence-electron chi connectivity index (χ1n) is 11.2. The lowest BCUT2D eigenvalue weighted by Crippen LogP contribution is -2.22. The zero-order chi connectivity index (χ0) is 25.8. The Labute approximate surface area is 216 Å². The highest BCUT2D eigenvalue weighted by Crippen LogP contribution is 2.32. The topological polar surface area (TPSA) is 130 Å². The number of hydrogen-bond donors (Lipinski definition) is 2. The van der Waals surface area contributed by atoms with Crippen molar-refractivity contribution in [3.05, 3.63) is 89.0 Å². The maximum Gasteiger partial charge on any atom is 0.266 e. The normalized spacial score (nSPS) is 10.9. The van der Waals surface area contributed by atoms with Gasteiger partial charge in [-0.25, -0.2) is 4.98 Å². The molecule has 3 N–H and O–H groups in total. The fourth-order valence-corrected chi connectivity index (χ4v) is 4.60. The Kier molecular flexibility index (Phi) is 6.86. The molecule has 0 bridgehead atoms. The van der Waals surface area contributed by atoms with Crippen LogP contribution in [0.5, 0.6) is 11.5 Å². The van der Waals surface area contributed by atoms with E-state index in [0.717, 1.165) is 5.69 Å². The number of nitrogen functional groups attached to an aromatic ring is 1. The lowest BCUT2D eigenvalue weighted by molar-refractivity contribution is 0.355. The van der Waals surface area contributed by atoms with Gasteiger partial charge in [0.15, 0.2) is 16.7 Å². The van der Waals surface area contributed by atoms with Crippen molar-refractivity contribution in [2.75, 3.05) is 25.3 Å². The van der Waals surface area contributed by atoms with Gasteiger partial charge in [-0.2, -0.15) is 15.0 Å². The van der Waals surface area contributed by atoms with E-state index in [-0.39, 0.29) is 11.5 Å². The third-order valence-electron chi connectivity index (χ3n) is 5.42. The number of benzene rings is 3. The first-order valence-corrected chi connectivity index (χ1v) is 12.2. The van der Waals surface area contributed by atoms with Crippen molar-refractivity contribution < 1.29 is 9.47 Å². The monoisotopic (exact) mass is 513 g/mol. The second-order valence-electron chi connectivity index (χ2n) is 7.81. The Bertz CT molecular complexity index is 1610. The summed E-state index contributed by atoms with van der Waals surface area (Å²) in [5.41, 5.74) is 7.71. The highest BCUT2D eigenvalue weighted by molar-refractivity contribution is 7.98. The molecule has 5 rings (SSSR count). The van der Waals surface area contributed by atoms with Crippen LogP contribution < -0.4 is 26.1 Å². The zero-order valence-corrected chi connectivity index (χ0v) is 20.9. The highest BCUT2D eigenvalue weighted by Gasteiger charge is 2.17. The smallest absolute Gasteiger partial charge is 0.266 e. The summed E-state index contributed by atoms with van der Waals surface area (Å²) in [6.45, 7) is 0.